The number of likely N-dealkylation sites (tertiary alicyclic amines) is 1. The van der Waals surface area contributed by atoms with E-state index in [9.17, 15) is 24.8 Å². The highest BCUT2D eigenvalue weighted by Crippen LogP contribution is 2.44. The summed E-state index contributed by atoms with van der Waals surface area (Å²) in [7, 11) is 0. The lowest BCUT2D eigenvalue weighted by Gasteiger charge is -2.16. The molecule has 2 atom stereocenters. The van der Waals surface area contributed by atoms with E-state index >= 15 is 0 Å². The van der Waals surface area contributed by atoms with Gasteiger partial charge in [-0.1, -0.05) is 0 Å². The minimum atomic E-state index is -0.855. The second kappa shape index (κ2) is 5.64. The second-order valence-corrected chi connectivity index (χ2v) is 6.28. The fourth-order valence-electron chi connectivity index (χ4n) is 3.28. The predicted octanol–water partition coefficient (Wildman–Crippen LogP) is 0.669. The van der Waals surface area contributed by atoms with Gasteiger partial charge in [-0.05, 0) is 34.6 Å². The van der Waals surface area contributed by atoms with E-state index in [0.29, 0.717) is 18.3 Å². The first-order chi connectivity index (χ1) is 10.9. The molecule has 1 aliphatic heterocycles. The normalized spacial score (nSPS) is 24.0. The lowest BCUT2D eigenvalue weighted by molar-refractivity contribution is -0.389. The number of rotatable bonds is 5. The predicted molar refractivity (Wildman–Crippen MR) is 77.5 cm³/mol. The second-order valence-electron chi connectivity index (χ2n) is 6.28. The van der Waals surface area contributed by atoms with Crippen molar-refractivity contribution in [3.8, 4) is 0 Å². The van der Waals surface area contributed by atoms with Crippen LogP contribution in [0.3, 0.4) is 0 Å². The summed E-state index contributed by atoms with van der Waals surface area (Å²) >= 11 is 0. The van der Waals surface area contributed by atoms with Gasteiger partial charge in [-0.2, -0.15) is 0 Å². The molecule has 1 aromatic rings. The van der Waals surface area contributed by atoms with Crippen molar-refractivity contribution in [2.24, 2.45) is 17.8 Å². The summed E-state index contributed by atoms with van der Waals surface area (Å²) < 4.78 is 1.43. The van der Waals surface area contributed by atoms with Gasteiger partial charge in [-0.15, -0.1) is 0 Å². The summed E-state index contributed by atoms with van der Waals surface area (Å²) in [6, 6.07) is 0. The summed E-state index contributed by atoms with van der Waals surface area (Å²) in [6.07, 6.45) is 3.29. The largest absolute Gasteiger partial charge is 0.481 e. The lowest BCUT2D eigenvalue weighted by atomic mass is 9.92. The number of aryl methyl sites for hydroxylation is 1. The topological polar surface area (TPSA) is 119 Å². The van der Waals surface area contributed by atoms with Crippen molar-refractivity contribution in [2.75, 3.05) is 13.1 Å². The molecule has 2 fully saturated rings. The van der Waals surface area contributed by atoms with E-state index in [1.807, 2.05) is 0 Å². The van der Waals surface area contributed by atoms with Gasteiger partial charge >= 0.3 is 11.8 Å². The van der Waals surface area contributed by atoms with E-state index in [4.69, 9.17) is 0 Å². The maximum atomic E-state index is 12.4. The minimum absolute atomic E-state index is 0.0228. The van der Waals surface area contributed by atoms with Crippen LogP contribution in [0.25, 0.3) is 0 Å². The Balaban J connectivity index is 1.69. The molecule has 2 aliphatic rings. The monoisotopic (exact) mass is 322 g/mol. The Morgan fingerprint density at radius 1 is 1.43 bits per heavy atom. The zero-order valence-electron chi connectivity index (χ0n) is 12.7. The van der Waals surface area contributed by atoms with E-state index in [1.165, 1.54) is 10.8 Å². The van der Waals surface area contributed by atoms with E-state index in [0.717, 1.165) is 12.8 Å². The van der Waals surface area contributed by atoms with Gasteiger partial charge in [0.1, 0.15) is 12.7 Å². The van der Waals surface area contributed by atoms with Crippen molar-refractivity contribution >= 4 is 17.7 Å². The maximum absolute atomic E-state index is 12.4. The molecule has 0 aromatic carbocycles. The summed E-state index contributed by atoms with van der Waals surface area (Å²) in [6.45, 7) is 2.20. The van der Waals surface area contributed by atoms with Gasteiger partial charge in [0.05, 0.1) is 5.92 Å². The van der Waals surface area contributed by atoms with Crippen LogP contribution >= 0.6 is 0 Å². The van der Waals surface area contributed by atoms with Crippen LogP contribution in [0.5, 0.6) is 0 Å². The van der Waals surface area contributed by atoms with Crippen LogP contribution in [-0.4, -0.2) is 49.4 Å². The zero-order chi connectivity index (χ0) is 16.7. The number of carbonyl (C=O) groups is 2. The molecule has 23 heavy (non-hydrogen) atoms. The molecule has 1 amide bonds. The molecule has 0 radical (unpaired) electrons. The highest BCUT2D eigenvalue weighted by Gasteiger charge is 2.46. The number of hydrogen-bond donors (Lipinski definition) is 1. The van der Waals surface area contributed by atoms with Crippen molar-refractivity contribution in [3.05, 3.63) is 22.1 Å². The quantitative estimate of drug-likeness (QED) is 0.628. The Morgan fingerprint density at radius 3 is 2.65 bits per heavy atom. The fourth-order valence-corrected chi connectivity index (χ4v) is 3.28. The van der Waals surface area contributed by atoms with Crippen molar-refractivity contribution < 1.29 is 19.6 Å². The SMILES string of the molecule is Cc1nc([N+](=O)[O-])cn1CC(=O)N1C[C@H](C(=O)O)[C@@H](C2CC2)C1. The summed E-state index contributed by atoms with van der Waals surface area (Å²) in [5, 5.41) is 20.1. The molecule has 0 bridgehead atoms. The Hall–Kier alpha value is -2.45. The Kier molecular flexibility index (Phi) is 3.78. The molecule has 1 N–H and O–H groups in total. The van der Waals surface area contributed by atoms with Gasteiger partial charge in [0, 0.05) is 20.0 Å². The van der Waals surface area contributed by atoms with Crippen molar-refractivity contribution in [1.82, 2.24) is 14.5 Å². The Morgan fingerprint density at radius 2 is 2.13 bits per heavy atom. The molecule has 1 aliphatic carbocycles. The third kappa shape index (κ3) is 3.03. The van der Waals surface area contributed by atoms with Gasteiger partial charge in [-0.3, -0.25) is 14.2 Å². The maximum Gasteiger partial charge on any atom is 0.381 e. The third-order valence-corrected chi connectivity index (χ3v) is 4.72. The number of imidazole rings is 1. The zero-order valence-corrected chi connectivity index (χ0v) is 12.7. The highest BCUT2D eigenvalue weighted by atomic mass is 16.6. The average Bonchev–Trinajstić information content (AvgIpc) is 3.11. The van der Waals surface area contributed by atoms with Gasteiger partial charge in [0.25, 0.3) is 0 Å². The number of aromatic nitrogens is 2. The number of carboxylic acids is 1. The van der Waals surface area contributed by atoms with Crippen LogP contribution in [0, 0.1) is 34.8 Å². The minimum Gasteiger partial charge on any atom is -0.481 e. The molecular weight excluding hydrogens is 304 g/mol. The molecule has 1 saturated carbocycles. The van der Waals surface area contributed by atoms with Crippen LogP contribution in [0.15, 0.2) is 6.20 Å². The first kappa shape index (κ1) is 15.4. The Labute approximate surface area is 132 Å². The number of hydrogen-bond acceptors (Lipinski definition) is 5. The number of carbonyl (C=O) groups excluding carboxylic acids is 1. The molecule has 0 spiro atoms. The van der Waals surface area contributed by atoms with Gasteiger partial charge < -0.3 is 20.1 Å². The average molecular weight is 322 g/mol. The summed E-state index contributed by atoms with van der Waals surface area (Å²) in [4.78, 5) is 39.3. The van der Waals surface area contributed by atoms with Crippen LogP contribution in [0.1, 0.15) is 18.7 Å². The summed E-state index contributed by atoms with van der Waals surface area (Å²) in [5.74, 6) is -1.07. The van der Waals surface area contributed by atoms with Crippen LogP contribution in [0.2, 0.25) is 0 Å². The molecule has 9 heteroatoms. The van der Waals surface area contributed by atoms with E-state index < -0.39 is 16.8 Å². The summed E-state index contributed by atoms with van der Waals surface area (Å²) in [5.41, 5.74) is 0. The van der Waals surface area contributed by atoms with Crippen LogP contribution in [-0.2, 0) is 16.1 Å². The first-order valence-corrected chi connectivity index (χ1v) is 7.55. The fraction of sp³-hybridized carbons (Fsp3) is 0.643. The molecule has 124 valence electrons. The molecular formula is C14H18N4O5. The van der Waals surface area contributed by atoms with Crippen LogP contribution < -0.4 is 0 Å². The number of aliphatic carboxylic acids is 1. The number of nitrogens with zero attached hydrogens (tertiary/aromatic N) is 4. The van der Waals surface area contributed by atoms with E-state index in [1.54, 1.807) is 11.8 Å². The highest BCUT2D eigenvalue weighted by molar-refractivity contribution is 5.79. The van der Waals surface area contributed by atoms with E-state index in [2.05, 4.69) is 4.98 Å². The molecule has 1 aromatic heterocycles. The van der Waals surface area contributed by atoms with Crippen molar-refractivity contribution in [1.29, 1.82) is 0 Å². The van der Waals surface area contributed by atoms with Crippen molar-refractivity contribution in [3.63, 3.8) is 0 Å². The molecule has 2 heterocycles. The van der Waals surface area contributed by atoms with Gasteiger partial charge in [0.2, 0.25) is 11.7 Å². The molecule has 3 rings (SSSR count). The lowest BCUT2D eigenvalue weighted by Crippen LogP contribution is -2.33. The number of amides is 1. The molecule has 1 saturated heterocycles. The Bertz CT molecular complexity index is 666. The third-order valence-electron chi connectivity index (χ3n) is 4.72. The smallest absolute Gasteiger partial charge is 0.381 e. The standard InChI is InChI=1S/C14H18N4O5/c1-8-15-12(18(22)23)6-16(8)7-13(19)17-4-10(9-2-3-9)11(5-17)14(20)21/h6,9-11H,2-5,7H2,1H3,(H,20,21)/t10-,11+/m1/s1. The first-order valence-electron chi connectivity index (χ1n) is 7.55. The molecule has 9 nitrogen and oxygen atoms in total. The van der Waals surface area contributed by atoms with Gasteiger partial charge in [0.15, 0.2) is 0 Å². The number of nitro groups is 1. The van der Waals surface area contributed by atoms with E-state index in [-0.39, 0.29) is 30.7 Å². The van der Waals surface area contributed by atoms with Crippen LogP contribution in [0.4, 0.5) is 5.82 Å². The van der Waals surface area contributed by atoms with Gasteiger partial charge in [-0.25, -0.2) is 0 Å². The molecule has 0 unspecified atom stereocenters. The number of carboxylic acid groups (broad SMARTS) is 1. The van der Waals surface area contributed by atoms with Crippen molar-refractivity contribution in [2.45, 2.75) is 26.3 Å².